The molecule has 0 radical (unpaired) electrons. The Morgan fingerprint density at radius 2 is 2.00 bits per heavy atom. The van der Waals surface area contributed by atoms with Crippen LogP contribution in [-0.2, 0) is 11.2 Å². The van der Waals surface area contributed by atoms with E-state index >= 15 is 0 Å². The molecule has 0 aliphatic rings. The molecule has 0 spiro atoms. The number of aliphatic hydroxyl groups is 1. The van der Waals surface area contributed by atoms with Crippen LogP contribution in [0.2, 0.25) is 0 Å². The second-order valence-electron chi connectivity index (χ2n) is 3.70. The summed E-state index contributed by atoms with van der Waals surface area (Å²) in [5, 5.41) is 9.42. The number of benzene rings is 1. The average Bonchev–Trinajstić information content (AvgIpc) is 2.26. The van der Waals surface area contributed by atoms with Crippen LogP contribution < -0.4 is 0 Å². The molecule has 0 aliphatic heterocycles. The second-order valence-corrected chi connectivity index (χ2v) is 3.70. The highest BCUT2D eigenvalue weighted by Gasteiger charge is 2.14. The average molecular weight is 204 g/mol. The van der Waals surface area contributed by atoms with Crippen molar-refractivity contribution in [2.45, 2.75) is 25.9 Å². The lowest BCUT2D eigenvalue weighted by Gasteiger charge is -2.08. The number of aryl methyl sites for hydroxylation is 1. The van der Waals surface area contributed by atoms with E-state index in [0.717, 1.165) is 5.56 Å². The summed E-state index contributed by atoms with van der Waals surface area (Å²) in [6.45, 7) is 5.22. The minimum atomic E-state index is -1.01. The van der Waals surface area contributed by atoms with Gasteiger partial charge in [0.1, 0.15) is 6.10 Å². The van der Waals surface area contributed by atoms with Crippen LogP contribution in [0, 0.1) is 0 Å². The number of aliphatic hydroxyl groups excluding tert-OH is 1. The van der Waals surface area contributed by atoms with Crippen LogP contribution in [0.25, 0.3) is 0 Å². The molecule has 0 aliphatic carbocycles. The number of ketones is 1. The predicted octanol–water partition coefficient (Wildman–Crippen LogP) is 2.13. The Morgan fingerprint density at radius 1 is 1.40 bits per heavy atom. The maximum absolute atomic E-state index is 11.4. The Hall–Kier alpha value is -1.41. The van der Waals surface area contributed by atoms with Crippen LogP contribution in [0.15, 0.2) is 42.5 Å². The van der Waals surface area contributed by atoms with Gasteiger partial charge in [0.15, 0.2) is 5.78 Å². The van der Waals surface area contributed by atoms with Gasteiger partial charge in [-0.2, -0.15) is 0 Å². The van der Waals surface area contributed by atoms with Gasteiger partial charge in [0, 0.05) is 6.42 Å². The van der Waals surface area contributed by atoms with E-state index in [1.165, 1.54) is 0 Å². The molecule has 0 amide bonds. The summed E-state index contributed by atoms with van der Waals surface area (Å²) in [6.07, 6.45) is 0.0240. The van der Waals surface area contributed by atoms with Crippen molar-refractivity contribution in [3.8, 4) is 0 Å². The third-order valence-corrected chi connectivity index (χ3v) is 2.27. The number of carbonyl (C=O) groups is 1. The van der Waals surface area contributed by atoms with Crippen LogP contribution in [0.1, 0.15) is 18.9 Å². The molecule has 0 saturated carbocycles. The topological polar surface area (TPSA) is 37.3 Å². The van der Waals surface area contributed by atoms with Crippen LogP contribution in [0.5, 0.6) is 0 Å². The highest BCUT2D eigenvalue weighted by molar-refractivity contribution is 5.85. The fourth-order valence-corrected chi connectivity index (χ4v) is 1.32. The van der Waals surface area contributed by atoms with Gasteiger partial charge in [0.25, 0.3) is 0 Å². The van der Waals surface area contributed by atoms with Crippen LogP contribution in [0.3, 0.4) is 0 Å². The monoisotopic (exact) mass is 204 g/mol. The smallest absolute Gasteiger partial charge is 0.165 e. The third kappa shape index (κ3) is 3.68. The molecule has 1 rings (SSSR count). The number of rotatable bonds is 5. The maximum atomic E-state index is 11.4. The van der Waals surface area contributed by atoms with E-state index in [2.05, 4.69) is 6.58 Å². The van der Waals surface area contributed by atoms with Crippen molar-refractivity contribution in [1.82, 2.24) is 0 Å². The minimum absolute atomic E-state index is 0.161. The molecule has 2 nitrogen and oxygen atoms in total. The molecular formula is C13H16O2. The molecule has 2 heteroatoms. The van der Waals surface area contributed by atoms with E-state index in [0.29, 0.717) is 18.4 Å². The zero-order chi connectivity index (χ0) is 11.3. The summed E-state index contributed by atoms with van der Waals surface area (Å²) in [6, 6.07) is 9.76. The van der Waals surface area contributed by atoms with E-state index in [-0.39, 0.29) is 5.78 Å². The van der Waals surface area contributed by atoms with Gasteiger partial charge >= 0.3 is 0 Å². The molecule has 1 N–H and O–H groups in total. The highest BCUT2D eigenvalue weighted by atomic mass is 16.3. The molecular weight excluding hydrogens is 188 g/mol. The zero-order valence-corrected chi connectivity index (χ0v) is 8.94. The lowest BCUT2D eigenvalue weighted by Crippen LogP contribution is -2.21. The molecule has 1 aromatic rings. The van der Waals surface area contributed by atoms with Crippen molar-refractivity contribution in [3.05, 3.63) is 48.0 Å². The standard InChI is InChI=1S/C13H16O2/c1-10(2)13(15)12(14)9-8-11-6-4-3-5-7-11/h3-7,13,15H,1,8-9H2,2H3. The van der Waals surface area contributed by atoms with Gasteiger partial charge < -0.3 is 5.11 Å². The Balaban J connectivity index is 2.44. The number of hydrogen-bond donors (Lipinski definition) is 1. The van der Waals surface area contributed by atoms with Crippen LogP contribution >= 0.6 is 0 Å². The molecule has 0 aromatic heterocycles. The van der Waals surface area contributed by atoms with Gasteiger partial charge in [-0.1, -0.05) is 36.9 Å². The Labute approximate surface area is 90.3 Å². The molecule has 80 valence electrons. The van der Waals surface area contributed by atoms with Gasteiger partial charge in [-0.15, -0.1) is 0 Å². The molecule has 1 aromatic carbocycles. The van der Waals surface area contributed by atoms with E-state index in [9.17, 15) is 9.90 Å². The summed E-state index contributed by atoms with van der Waals surface area (Å²) < 4.78 is 0. The fraction of sp³-hybridized carbons (Fsp3) is 0.308. The zero-order valence-electron chi connectivity index (χ0n) is 8.94. The predicted molar refractivity (Wildman–Crippen MR) is 60.6 cm³/mol. The molecule has 1 atom stereocenters. The van der Waals surface area contributed by atoms with Gasteiger partial charge in [-0.05, 0) is 24.5 Å². The van der Waals surface area contributed by atoms with E-state index in [4.69, 9.17) is 0 Å². The van der Waals surface area contributed by atoms with Crippen LogP contribution in [-0.4, -0.2) is 17.0 Å². The molecule has 15 heavy (non-hydrogen) atoms. The summed E-state index contributed by atoms with van der Waals surface area (Å²) in [5.74, 6) is -0.161. The van der Waals surface area contributed by atoms with Gasteiger partial charge in [-0.3, -0.25) is 4.79 Å². The first-order valence-electron chi connectivity index (χ1n) is 5.01. The molecule has 0 saturated heterocycles. The second kappa shape index (κ2) is 5.47. The van der Waals surface area contributed by atoms with Crippen molar-refractivity contribution in [3.63, 3.8) is 0 Å². The van der Waals surface area contributed by atoms with Crippen molar-refractivity contribution < 1.29 is 9.90 Å². The van der Waals surface area contributed by atoms with E-state index < -0.39 is 6.10 Å². The first-order valence-corrected chi connectivity index (χ1v) is 5.01. The minimum Gasteiger partial charge on any atom is -0.381 e. The fourth-order valence-electron chi connectivity index (χ4n) is 1.32. The molecule has 0 bridgehead atoms. The quantitative estimate of drug-likeness (QED) is 0.746. The summed E-state index contributed by atoms with van der Waals surface area (Å²) in [5.41, 5.74) is 1.62. The molecule has 1 unspecified atom stereocenters. The normalized spacial score (nSPS) is 12.1. The van der Waals surface area contributed by atoms with Crippen LogP contribution in [0.4, 0.5) is 0 Å². The Kier molecular flexibility index (Phi) is 4.25. The largest absolute Gasteiger partial charge is 0.381 e. The lowest BCUT2D eigenvalue weighted by atomic mass is 10.0. The van der Waals surface area contributed by atoms with Gasteiger partial charge in [-0.25, -0.2) is 0 Å². The summed E-state index contributed by atoms with van der Waals surface area (Å²) >= 11 is 0. The maximum Gasteiger partial charge on any atom is 0.165 e. The van der Waals surface area contributed by atoms with Crippen molar-refractivity contribution in [1.29, 1.82) is 0 Å². The highest BCUT2D eigenvalue weighted by Crippen LogP contribution is 2.07. The number of Topliss-reactive ketones (excluding diaryl/α,β-unsaturated/α-hetero) is 1. The Morgan fingerprint density at radius 3 is 2.53 bits per heavy atom. The first-order chi connectivity index (χ1) is 7.11. The third-order valence-electron chi connectivity index (χ3n) is 2.27. The Bertz CT molecular complexity index is 341. The van der Waals surface area contributed by atoms with Crippen molar-refractivity contribution in [2.24, 2.45) is 0 Å². The number of hydrogen-bond acceptors (Lipinski definition) is 2. The van der Waals surface area contributed by atoms with E-state index in [1.54, 1.807) is 6.92 Å². The summed E-state index contributed by atoms with van der Waals surface area (Å²) in [4.78, 5) is 11.4. The van der Waals surface area contributed by atoms with Crippen molar-refractivity contribution >= 4 is 5.78 Å². The first kappa shape index (κ1) is 11.7. The van der Waals surface area contributed by atoms with Crippen molar-refractivity contribution in [2.75, 3.05) is 0 Å². The van der Waals surface area contributed by atoms with Gasteiger partial charge in [0.2, 0.25) is 0 Å². The SMILES string of the molecule is C=C(C)C(O)C(=O)CCc1ccccc1. The molecule has 0 heterocycles. The lowest BCUT2D eigenvalue weighted by molar-refractivity contribution is -0.125. The number of carbonyl (C=O) groups excluding carboxylic acids is 1. The molecule has 0 fully saturated rings. The van der Waals surface area contributed by atoms with Gasteiger partial charge in [0.05, 0.1) is 0 Å². The van der Waals surface area contributed by atoms with E-state index in [1.807, 2.05) is 30.3 Å². The summed E-state index contributed by atoms with van der Waals surface area (Å²) in [7, 11) is 0.